The fraction of sp³-hybridized carbons (Fsp3) is 0.300. The van der Waals surface area contributed by atoms with Crippen LogP contribution in [0, 0.1) is 6.92 Å². The topological polar surface area (TPSA) is 45.4 Å². The van der Waals surface area contributed by atoms with Gasteiger partial charge in [0.25, 0.3) is 0 Å². The number of piperazine rings is 1. The molecule has 3 aromatic rings. The molecule has 2 heterocycles. The van der Waals surface area contributed by atoms with Crippen LogP contribution in [-0.2, 0) is 6.54 Å². The third-order valence-electron chi connectivity index (χ3n) is 4.73. The van der Waals surface area contributed by atoms with Crippen LogP contribution in [0.4, 0.5) is 5.69 Å². The van der Waals surface area contributed by atoms with Crippen molar-refractivity contribution < 1.29 is 4.42 Å². The van der Waals surface area contributed by atoms with Crippen molar-refractivity contribution in [3.05, 3.63) is 65.0 Å². The molecule has 1 saturated heterocycles. The van der Waals surface area contributed by atoms with Crippen molar-refractivity contribution in [2.24, 2.45) is 0 Å². The zero-order valence-corrected chi connectivity index (χ0v) is 15.5. The summed E-state index contributed by atoms with van der Waals surface area (Å²) in [5.74, 6) is 1.24. The van der Waals surface area contributed by atoms with Crippen molar-refractivity contribution in [3.8, 4) is 11.5 Å². The minimum atomic E-state index is 0.578. The van der Waals surface area contributed by atoms with Gasteiger partial charge in [-0.25, -0.2) is 0 Å². The maximum atomic E-state index is 6.16. The minimum Gasteiger partial charge on any atom is -0.419 e. The number of rotatable bonds is 4. The minimum absolute atomic E-state index is 0.578. The van der Waals surface area contributed by atoms with E-state index in [9.17, 15) is 0 Å². The van der Waals surface area contributed by atoms with Gasteiger partial charge in [-0.2, -0.15) is 0 Å². The van der Waals surface area contributed by atoms with Gasteiger partial charge in [0.2, 0.25) is 11.8 Å². The highest BCUT2D eigenvalue weighted by Crippen LogP contribution is 2.25. The molecule has 1 aromatic heterocycles. The second-order valence-corrected chi connectivity index (χ2v) is 7.00. The lowest BCUT2D eigenvalue weighted by atomic mass is 10.1. The number of hydrogen-bond acceptors (Lipinski definition) is 5. The molecule has 1 aliphatic heterocycles. The van der Waals surface area contributed by atoms with Crippen LogP contribution in [-0.4, -0.2) is 41.3 Å². The van der Waals surface area contributed by atoms with E-state index in [2.05, 4.69) is 39.1 Å². The Labute approximate surface area is 158 Å². The van der Waals surface area contributed by atoms with E-state index < -0.39 is 0 Å². The molecule has 0 spiro atoms. The Morgan fingerprint density at radius 1 is 1.00 bits per heavy atom. The van der Waals surface area contributed by atoms with Gasteiger partial charge in [0.05, 0.1) is 6.54 Å². The molecule has 0 aliphatic carbocycles. The quantitative estimate of drug-likeness (QED) is 0.696. The molecule has 2 aromatic carbocycles. The largest absolute Gasteiger partial charge is 0.419 e. The Bertz CT molecular complexity index is 873. The third-order valence-corrected chi connectivity index (χ3v) is 4.97. The molecule has 26 heavy (non-hydrogen) atoms. The van der Waals surface area contributed by atoms with Crippen molar-refractivity contribution in [1.29, 1.82) is 0 Å². The summed E-state index contributed by atoms with van der Waals surface area (Å²) in [6.45, 7) is 6.63. The Morgan fingerprint density at radius 2 is 1.77 bits per heavy atom. The lowest BCUT2D eigenvalue weighted by Crippen LogP contribution is -2.46. The van der Waals surface area contributed by atoms with E-state index in [1.807, 2.05) is 36.4 Å². The highest BCUT2D eigenvalue weighted by Gasteiger charge is 2.20. The maximum absolute atomic E-state index is 6.16. The average molecular weight is 369 g/mol. The SMILES string of the molecule is Cc1ccc(Cl)cc1N1CCN(Cc2nnc(-c3ccccc3)o2)CC1. The summed E-state index contributed by atoms with van der Waals surface area (Å²) in [6, 6.07) is 15.9. The molecule has 134 valence electrons. The summed E-state index contributed by atoms with van der Waals surface area (Å²) in [6.07, 6.45) is 0. The number of nitrogens with zero attached hydrogens (tertiary/aromatic N) is 4. The molecular formula is C20H21ClN4O. The molecule has 5 nitrogen and oxygen atoms in total. The number of halogens is 1. The monoisotopic (exact) mass is 368 g/mol. The molecule has 1 fully saturated rings. The van der Waals surface area contributed by atoms with Gasteiger partial charge in [0.1, 0.15) is 0 Å². The molecule has 0 bridgehead atoms. The normalized spacial score (nSPS) is 15.4. The summed E-state index contributed by atoms with van der Waals surface area (Å²) < 4.78 is 5.82. The van der Waals surface area contributed by atoms with Gasteiger partial charge in [-0.15, -0.1) is 10.2 Å². The molecule has 0 atom stereocenters. The number of aromatic nitrogens is 2. The van der Waals surface area contributed by atoms with Gasteiger partial charge in [-0.1, -0.05) is 35.9 Å². The fourth-order valence-electron chi connectivity index (χ4n) is 3.28. The summed E-state index contributed by atoms with van der Waals surface area (Å²) in [5.41, 5.74) is 3.43. The molecule has 0 N–H and O–H groups in total. The predicted molar refractivity (Wildman–Crippen MR) is 103 cm³/mol. The van der Waals surface area contributed by atoms with E-state index in [1.54, 1.807) is 0 Å². The Balaban J connectivity index is 1.37. The van der Waals surface area contributed by atoms with Gasteiger partial charge in [-0.05, 0) is 36.8 Å². The van der Waals surface area contributed by atoms with Crippen LogP contribution in [0.25, 0.3) is 11.5 Å². The molecule has 0 unspecified atom stereocenters. The molecule has 6 heteroatoms. The third kappa shape index (κ3) is 3.74. The zero-order valence-electron chi connectivity index (χ0n) is 14.7. The van der Waals surface area contributed by atoms with E-state index in [-0.39, 0.29) is 0 Å². The highest BCUT2D eigenvalue weighted by atomic mass is 35.5. The van der Waals surface area contributed by atoms with Crippen LogP contribution < -0.4 is 4.90 Å². The van der Waals surface area contributed by atoms with E-state index in [0.29, 0.717) is 18.3 Å². The van der Waals surface area contributed by atoms with E-state index in [0.717, 1.165) is 36.8 Å². The summed E-state index contributed by atoms with van der Waals surface area (Å²) >= 11 is 6.16. The first-order valence-electron chi connectivity index (χ1n) is 8.80. The smallest absolute Gasteiger partial charge is 0.247 e. The molecule has 1 aliphatic rings. The molecule has 0 saturated carbocycles. The maximum Gasteiger partial charge on any atom is 0.247 e. The van der Waals surface area contributed by atoms with Crippen molar-refractivity contribution >= 4 is 17.3 Å². The van der Waals surface area contributed by atoms with Crippen LogP contribution in [0.5, 0.6) is 0 Å². The van der Waals surface area contributed by atoms with Crippen molar-refractivity contribution in [3.63, 3.8) is 0 Å². The first kappa shape index (κ1) is 17.1. The van der Waals surface area contributed by atoms with Crippen LogP contribution in [0.2, 0.25) is 5.02 Å². The van der Waals surface area contributed by atoms with E-state index in [4.69, 9.17) is 16.0 Å². The van der Waals surface area contributed by atoms with Crippen LogP contribution in [0.15, 0.2) is 52.9 Å². The Morgan fingerprint density at radius 3 is 2.54 bits per heavy atom. The fourth-order valence-corrected chi connectivity index (χ4v) is 3.44. The van der Waals surface area contributed by atoms with Crippen LogP contribution in [0.1, 0.15) is 11.5 Å². The number of anilines is 1. The van der Waals surface area contributed by atoms with Gasteiger partial charge in [0, 0.05) is 42.5 Å². The average Bonchev–Trinajstić information content (AvgIpc) is 3.14. The molecule has 4 rings (SSSR count). The number of aryl methyl sites for hydroxylation is 1. The van der Waals surface area contributed by atoms with Gasteiger partial charge < -0.3 is 9.32 Å². The molecule has 0 radical (unpaired) electrons. The standard InChI is InChI=1S/C20H21ClN4O/c1-15-7-8-17(21)13-18(15)25-11-9-24(10-12-25)14-19-22-23-20(26-19)16-5-3-2-4-6-16/h2-8,13H,9-12,14H2,1H3. The van der Waals surface area contributed by atoms with Crippen LogP contribution in [0.3, 0.4) is 0 Å². The predicted octanol–water partition coefficient (Wildman–Crippen LogP) is 4.02. The molecule has 0 amide bonds. The van der Waals surface area contributed by atoms with Crippen molar-refractivity contribution in [1.82, 2.24) is 15.1 Å². The lowest BCUT2D eigenvalue weighted by Gasteiger charge is -2.36. The Hall–Kier alpha value is -2.37. The lowest BCUT2D eigenvalue weighted by molar-refractivity contribution is 0.227. The first-order chi connectivity index (χ1) is 12.7. The second-order valence-electron chi connectivity index (χ2n) is 6.56. The van der Waals surface area contributed by atoms with E-state index >= 15 is 0 Å². The summed E-state index contributed by atoms with van der Waals surface area (Å²) in [7, 11) is 0. The Kier molecular flexibility index (Phi) is 4.91. The van der Waals surface area contributed by atoms with Crippen LogP contribution >= 0.6 is 11.6 Å². The first-order valence-corrected chi connectivity index (χ1v) is 9.18. The van der Waals surface area contributed by atoms with Crippen molar-refractivity contribution in [2.45, 2.75) is 13.5 Å². The highest BCUT2D eigenvalue weighted by molar-refractivity contribution is 6.30. The zero-order chi connectivity index (χ0) is 17.9. The van der Waals surface area contributed by atoms with Gasteiger partial charge >= 0.3 is 0 Å². The second kappa shape index (κ2) is 7.48. The van der Waals surface area contributed by atoms with Crippen molar-refractivity contribution in [2.75, 3.05) is 31.1 Å². The van der Waals surface area contributed by atoms with Gasteiger partial charge in [0.15, 0.2) is 0 Å². The summed E-state index contributed by atoms with van der Waals surface area (Å²) in [5, 5.41) is 9.15. The molecular weight excluding hydrogens is 348 g/mol. The van der Waals surface area contributed by atoms with E-state index in [1.165, 1.54) is 11.3 Å². The number of hydrogen-bond donors (Lipinski definition) is 0. The number of benzene rings is 2. The summed E-state index contributed by atoms with van der Waals surface area (Å²) in [4.78, 5) is 4.74. The van der Waals surface area contributed by atoms with Gasteiger partial charge in [-0.3, -0.25) is 4.90 Å².